The van der Waals surface area contributed by atoms with Gasteiger partial charge in [0.15, 0.2) is 0 Å². The Balaban J connectivity index is 1.58. The Hall–Kier alpha value is -1.36. The Bertz CT molecular complexity index is 496. The van der Waals surface area contributed by atoms with Crippen LogP contribution in [0, 0.1) is 5.92 Å². The summed E-state index contributed by atoms with van der Waals surface area (Å²) >= 11 is 0. The molecule has 2 fully saturated rings. The van der Waals surface area contributed by atoms with E-state index in [2.05, 4.69) is 15.7 Å². The number of hydrogen-bond donors (Lipinski definition) is 0. The Morgan fingerprint density at radius 1 is 1.41 bits per heavy atom. The van der Waals surface area contributed by atoms with Gasteiger partial charge in [-0.3, -0.25) is 4.79 Å². The van der Waals surface area contributed by atoms with Crippen LogP contribution in [0.4, 0.5) is 0 Å². The molecule has 1 amide bonds. The summed E-state index contributed by atoms with van der Waals surface area (Å²) in [5.74, 6) is 2.63. The average Bonchev–Trinajstić information content (AvgIpc) is 3.23. The highest BCUT2D eigenvalue weighted by Gasteiger charge is 2.29. The summed E-state index contributed by atoms with van der Waals surface area (Å²) in [7, 11) is 0. The molecule has 2 aliphatic rings. The third-order valence-electron chi connectivity index (χ3n) is 4.70. The molecule has 1 aromatic heterocycles. The zero-order valence-electron chi connectivity index (χ0n) is 13.5. The van der Waals surface area contributed by atoms with Gasteiger partial charge < -0.3 is 14.2 Å². The molecule has 0 spiro atoms. The van der Waals surface area contributed by atoms with E-state index in [1.807, 2.05) is 18.0 Å². The number of rotatable bonds is 7. The van der Waals surface area contributed by atoms with Gasteiger partial charge in [0.25, 0.3) is 0 Å². The monoisotopic (exact) mass is 305 g/mol. The number of ether oxygens (including phenoxy) is 1. The largest absolute Gasteiger partial charge is 0.381 e. The molecule has 5 heteroatoms. The van der Waals surface area contributed by atoms with Gasteiger partial charge >= 0.3 is 0 Å². The third kappa shape index (κ3) is 3.88. The smallest absolute Gasteiger partial charge is 0.224 e. The molecule has 122 valence electrons. The zero-order valence-corrected chi connectivity index (χ0v) is 13.5. The van der Waals surface area contributed by atoms with Crippen LogP contribution in [-0.2, 0) is 16.1 Å². The second-order valence-corrected chi connectivity index (χ2v) is 6.51. The van der Waals surface area contributed by atoms with Gasteiger partial charge in [-0.2, -0.15) is 0 Å². The van der Waals surface area contributed by atoms with E-state index in [0.717, 1.165) is 38.4 Å². The summed E-state index contributed by atoms with van der Waals surface area (Å²) in [6.45, 7) is 5.96. The molecule has 1 saturated carbocycles. The van der Waals surface area contributed by atoms with Crippen molar-refractivity contribution in [1.29, 1.82) is 0 Å². The van der Waals surface area contributed by atoms with Gasteiger partial charge in [-0.1, -0.05) is 0 Å². The molecular weight excluding hydrogens is 278 g/mol. The van der Waals surface area contributed by atoms with Crippen molar-refractivity contribution in [2.45, 2.75) is 51.5 Å². The van der Waals surface area contributed by atoms with Gasteiger partial charge in [0, 0.05) is 44.6 Å². The van der Waals surface area contributed by atoms with Crippen LogP contribution in [0.25, 0.3) is 0 Å². The Morgan fingerprint density at radius 3 is 3.05 bits per heavy atom. The SMILES string of the molecule is CCOCCC(=O)N1CCC[C@H](c2nccn2CC2CC2)C1. The Kier molecular flexibility index (Phi) is 5.13. The number of nitrogens with zero attached hydrogens (tertiary/aromatic N) is 3. The van der Waals surface area contributed by atoms with Crippen LogP contribution in [-0.4, -0.2) is 46.7 Å². The lowest BCUT2D eigenvalue weighted by molar-refractivity contribution is -0.133. The minimum atomic E-state index is 0.221. The highest BCUT2D eigenvalue weighted by Crippen LogP contribution is 2.33. The molecule has 1 saturated heterocycles. The highest BCUT2D eigenvalue weighted by atomic mass is 16.5. The molecule has 1 atom stereocenters. The van der Waals surface area contributed by atoms with Crippen LogP contribution in [0.5, 0.6) is 0 Å². The highest BCUT2D eigenvalue weighted by molar-refractivity contribution is 5.76. The fourth-order valence-electron chi connectivity index (χ4n) is 3.29. The van der Waals surface area contributed by atoms with Gasteiger partial charge in [-0.15, -0.1) is 0 Å². The topological polar surface area (TPSA) is 47.4 Å². The first-order chi connectivity index (χ1) is 10.8. The normalized spacial score (nSPS) is 22.0. The minimum Gasteiger partial charge on any atom is -0.381 e. The lowest BCUT2D eigenvalue weighted by Gasteiger charge is -2.32. The number of carbonyl (C=O) groups excluding carboxylic acids is 1. The zero-order chi connectivity index (χ0) is 15.4. The predicted molar refractivity (Wildman–Crippen MR) is 84.6 cm³/mol. The van der Waals surface area contributed by atoms with E-state index in [1.54, 1.807) is 0 Å². The fourth-order valence-corrected chi connectivity index (χ4v) is 3.29. The van der Waals surface area contributed by atoms with Crippen molar-refractivity contribution < 1.29 is 9.53 Å². The summed E-state index contributed by atoms with van der Waals surface area (Å²) in [6, 6.07) is 0. The molecule has 3 rings (SSSR count). The van der Waals surface area contributed by atoms with Gasteiger partial charge in [0.1, 0.15) is 5.82 Å². The van der Waals surface area contributed by atoms with Crippen molar-refractivity contribution in [2.75, 3.05) is 26.3 Å². The van der Waals surface area contributed by atoms with Gasteiger partial charge in [-0.25, -0.2) is 4.98 Å². The number of imidazole rings is 1. The third-order valence-corrected chi connectivity index (χ3v) is 4.70. The number of piperidine rings is 1. The number of hydrogen-bond acceptors (Lipinski definition) is 3. The lowest BCUT2D eigenvalue weighted by Crippen LogP contribution is -2.40. The Morgan fingerprint density at radius 2 is 2.27 bits per heavy atom. The maximum atomic E-state index is 12.3. The molecule has 0 bridgehead atoms. The van der Waals surface area contributed by atoms with Gasteiger partial charge in [0.05, 0.1) is 13.0 Å². The van der Waals surface area contributed by atoms with E-state index in [1.165, 1.54) is 18.7 Å². The first-order valence-corrected chi connectivity index (χ1v) is 8.64. The van der Waals surface area contributed by atoms with E-state index < -0.39 is 0 Å². The molecule has 1 aliphatic carbocycles. The quantitative estimate of drug-likeness (QED) is 0.727. The van der Waals surface area contributed by atoms with Crippen LogP contribution in [0.2, 0.25) is 0 Å². The van der Waals surface area contributed by atoms with E-state index in [0.29, 0.717) is 25.6 Å². The van der Waals surface area contributed by atoms with Crippen LogP contribution in [0.1, 0.15) is 50.8 Å². The first-order valence-electron chi connectivity index (χ1n) is 8.64. The van der Waals surface area contributed by atoms with Crippen LogP contribution in [0.15, 0.2) is 12.4 Å². The standard InChI is InChI=1S/C17H27N3O2/c1-2-22-11-7-16(21)19-9-3-4-15(13-19)17-18-8-10-20(17)12-14-5-6-14/h8,10,14-15H,2-7,9,11-13H2,1H3/t15-/m0/s1. The average molecular weight is 305 g/mol. The Labute approximate surface area is 132 Å². The van der Waals surface area contributed by atoms with E-state index >= 15 is 0 Å². The van der Waals surface area contributed by atoms with Crippen molar-refractivity contribution >= 4 is 5.91 Å². The van der Waals surface area contributed by atoms with Gasteiger partial charge in [-0.05, 0) is 38.5 Å². The molecule has 0 radical (unpaired) electrons. The van der Waals surface area contributed by atoms with E-state index in [9.17, 15) is 4.79 Å². The van der Waals surface area contributed by atoms with Crippen LogP contribution >= 0.6 is 0 Å². The van der Waals surface area contributed by atoms with E-state index in [-0.39, 0.29) is 5.91 Å². The van der Waals surface area contributed by atoms with Crippen molar-refractivity contribution in [3.05, 3.63) is 18.2 Å². The molecule has 2 heterocycles. The van der Waals surface area contributed by atoms with Crippen LogP contribution in [0.3, 0.4) is 0 Å². The molecule has 22 heavy (non-hydrogen) atoms. The summed E-state index contributed by atoms with van der Waals surface area (Å²) < 4.78 is 7.62. The molecule has 1 aliphatic heterocycles. The molecule has 1 aromatic rings. The molecule has 0 N–H and O–H groups in total. The fraction of sp³-hybridized carbons (Fsp3) is 0.765. The predicted octanol–water partition coefficient (Wildman–Crippen LogP) is 2.43. The number of aromatic nitrogens is 2. The van der Waals surface area contributed by atoms with Crippen molar-refractivity contribution in [2.24, 2.45) is 5.92 Å². The maximum Gasteiger partial charge on any atom is 0.224 e. The lowest BCUT2D eigenvalue weighted by atomic mass is 9.96. The molecule has 0 aromatic carbocycles. The first kappa shape index (κ1) is 15.5. The van der Waals surface area contributed by atoms with Gasteiger partial charge in [0.2, 0.25) is 5.91 Å². The van der Waals surface area contributed by atoms with Crippen molar-refractivity contribution in [3.8, 4) is 0 Å². The number of carbonyl (C=O) groups is 1. The number of likely N-dealkylation sites (tertiary alicyclic amines) is 1. The molecule has 0 unspecified atom stereocenters. The minimum absolute atomic E-state index is 0.221. The van der Waals surface area contributed by atoms with E-state index in [4.69, 9.17) is 4.74 Å². The van der Waals surface area contributed by atoms with Crippen LogP contribution < -0.4 is 0 Å². The van der Waals surface area contributed by atoms with Crippen molar-refractivity contribution in [1.82, 2.24) is 14.5 Å². The second kappa shape index (κ2) is 7.27. The summed E-state index contributed by atoms with van der Waals surface area (Å²) in [4.78, 5) is 18.9. The molecular formula is C17H27N3O2. The summed E-state index contributed by atoms with van der Waals surface area (Å²) in [6.07, 6.45) is 9.42. The maximum absolute atomic E-state index is 12.3. The second-order valence-electron chi connectivity index (χ2n) is 6.51. The number of amides is 1. The van der Waals surface area contributed by atoms with Crippen molar-refractivity contribution in [3.63, 3.8) is 0 Å². The summed E-state index contributed by atoms with van der Waals surface area (Å²) in [5.41, 5.74) is 0. The molecule has 5 nitrogen and oxygen atoms in total. The summed E-state index contributed by atoms with van der Waals surface area (Å²) in [5, 5.41) is 0.